The van der Waals surface area contributed by atoms with Crippen molar-refractivity contribution >= 4 is 5.97 Å². The molecule has 2 rings (SSSR count). The van der Waals surface area contributed by atoms with Gasteiger partial charge in [0.25, 0.3) is 0 Å². The van der Waals surface area contributed by atoms with Crippen LogP contribution in [0.15, 0.2) is 24.3 Å². The number of aryl methyl sites for hydroxylation is 1. The van der Waals surface area contributed by atoms with Crippen molar-refractivity contribution in [2.45, 2.75) is 70.8 Å². The number of benzene rings is 1. The van der Waals surface area contributed by atoms with Crippen LogP contribution in [0.25, 0.3) is 0 Å². The third-order valence-corrected chi connectivity index (χ3v) is 5.19. The number of nitrogens with zero attached hydrogens (tertiary/aromatic N) is 1. The second-order valence-electron chi connectivity index (χ2n) is 7.42. The number of carboxylic acid groups (broad SMARTS) is 1. The number of rotatable bonds is 12. The molecule has 1 heterocycles. The SMILES string of the molecule is CCCCCCCCc1ccc(C2CN(CCCC(=O)O)CCO2)cc1. The topological polar surface area (TPSA) is 49.8 Å². The minimum Gasteiger partial charge on any atom is -0.481 e. The molecule has 0 amide bonds. The highest BCUT2D eigenvalue weighted by atomic mass is 16.5. The molecule has 1 aliphatic rings. The molecular weight excluding hydrogens is 326 g/mol. The van der Waals surface area contributed by atoms with Crippen LogP contribution >= 0.6 is 0 Å². The van der Waals surface area contributed by atoms with Gasteiger partial charge in [0.2, 0.25) is 0 Å². The summed E-state index contributed by atoms with van der Waals surface area (Å²) in [6, 6.07) is 8.90. The quantitative estimate of drug-likeness (QED) is 0.542. The Balaban J connectivity index is 1.72. The first kappa shape index (κ1) is 20.9. The first-order valence-corrected chi connectivity index (χ1v) is 10.3. The van der Waals surface area contributed by atoms with Crippen LogP contribution in [0.5, 0.6) is 0 Å². The molecule has 1 aromatic carbocycles. The lowest BCUT2D eigenvalue weighted by Gasteiger charge is -2.33. The predicted octanol–water partition coefficient (Wildman–Crippen LogP) is 4.83. The Hall–Kier alpha value is -1.39. The van der Waals surface area contributed by atoms with E-state index in [1.54, 1.807) is 0 Å². The second kappa shape index (κ2) is 12.1. The smallest absolute Gasteiger partial charge is 0.303 e. The van der Waals surface area contributed by atoms with E-state index in [1.807, 2.05) is 0 Å². The Morgan fingerprint density at radius 2 is 1.85 bits per heavy atom. The maximum Gasteiger partial charge on any atom is 0.303 e. The number of unbranched alkanes of at least 4 members (excludes halogenated alkanes) is 5. The second-order valence-corrected chi connectivity index (χ2v) is 7.42. The van der Waals surface area contributed by atoms with Crippen molar-refractivity contribution in [3.8, 4) is 0 Å². The number of morpholine rings is 1. The first-order valence-electron chi connectivity index (χ1n) is 10.3. The summed E-state index contributed by atoms with van der Waals surface area (Å²) in [5.74, 6) is -0.712. The molecule has 146 valence electrons. The first-order chi connectivity index (χ1) is 12.7. The van der Waals surface area contributed by atoms with Crippen molar-refractivity contribution in [1.29, 1.82) is 0 Å². The van der Waals surface area contributed by atoms with Crippen LogP contribution in [0.3, 0.4) is 0 Å². The minimum absolute atomic E-state index is 0.108. The van der Waals surface area contributed by atoms with Crippen molar-refractivity contribution in [2.75, 3.05) is 26.2 Å². The van der Waals surface area contributed by atoms with Crippen LogP contribution in [-0.2, 0) is 16.0 Å². The Kier molecular flexibility index (Phi) is 9.72. The number of carboxylic acids is 1. The van der Waals surface area contributed by atoms with Gasteiger partial charge in [-0.15, -0.1) is 0 Å². The lowest BCUT2D eigenvalue weighted by atomic mass is 10.0. The third-order valence-electron chi connectivity index (χ3n) is 5.19. The number of carbonyl (C=O) groups is 1. The van der Waals surface area contributed by atoms with Crippen molar-refractivity contribution in [1.82, 2.24) is 4.90 Å². The number of aliphatic carboxylic acids is 1. The highest BCUT2D eigenvalue weighted by Gasteiger charge is 2.21. The average Bonchev–Trinajstić information content (AvgIpc) is 2.65. The summed E-state index contributed by atoms with van der Waals surface area (Å²) in [7, 11) is 0. The van der Waals surface area contributed by atoms with Gasteiger partial charge in [-0.1, -0.05) is 63.3 Å². The van der Waals surface area contributed by atoms with E-state index in [0.717, 1.165) is 26.2 Å². The fourth-order valence-electron chi connectivity index (χ4n) is 3.57. The molecule has 4 heteroatoms. The molecule has 0 saturated carbocycles. The van der Waals surface area contributed by atoms with Crippen LogP contribution < -0.4 is 0 Å². The monoisotopic (exact) mass is 361 g/mol. The lowest BCUT2D eigenvalue weighted by molar-refractivity contribution is -0.137. The number of hydrogen-bond donors (Lipinski definition) is 1. The van der Waals surface area contributed by atoms with Gasteiger partial charge in [-0.05, 0) is 36.9 Å². The van der Waals surface area contributed by atoms with E-state index in [1.165, 1.54) is 56.1 Å². The third kappa shape index (κ3) is 7.88. The lowest BCUT2D eigenvalue weighted by Crippen LogP contribution is -2.39. The summed E-state index contributed by atoms with van der Waals surface area (Å²) in [5.41, 5.74) is 2.65. The Morgan fingerprint density at radius 1 is 1.12 bits per heavy atom. The fourth-order valence-corrected chi connectivity index (χ4v) is 3.57. The van der Waals surface area contributed by atoms with E-state index in [0.29, 0.717) is 6.42 Å². The van der Waals surface area contributed by atoms with E-state index in [2.05, 4.69) is 36.1 Å². The molecule has 26 heavy (non-hydrogen) atoms. The van der Waals surface area contributed by atoms with Gasteiger partial charge >= 0.3 is 5.97 Å². The van der Waals surface area contributed by atoms with Crippen LogP contribution in [0.4, 0.5) is 0 Å². The molecular formula is C22H35NO3. The summed E-state index contributed by atoms with van der Waals surface area (Å²) < 4.78 is 5.94. The summed E-state index contributed by atoms with van der Waals surface area (Å²) in [6.07, 6.45) is 10.2. The molecule has 0 spiro atoms. The molecule has 1 fully saturated rings. The Labute approximate surface area is 158 Å². The molecule has 0 radical (unpaired) electrons. The van der Waals surface area contributed by atoms with Crippen LogP contribution in [0.2, 0.25) is 0 Å². The van der Waals surface area contributed by atoms with Crippen molar-refractivity contribution in [3.05, 3.63) is 35.4 Å². The van der Waals surface area contributed by atoms with Gasteiger partial charge in [-0.3, -0.25) is 9.69 Å². The average molecular weight is 362 g/mol. The van der Waals surface area contributed by atoms with Gasteiger partial charge in [-0.2, -0.15) is 0 Å². The molecule has 0 aromatic heterocycles. The van der Waals surface area contributed by atoms with Crippen LogP contribution in [0.1, 0.15) is 75.5 Å². The van der Waals surface area contributed by atoms with Gasteiger partial charge in [0.1, 0.15) is 0 Å². The van der Waals surface area contributed by atoms with Crippen molar-refractivity contribution in [2.24, 2.45) is 0 Å². The van der Waals surface area contributed by atoms with Crippen LogP contribution in [-0.4, -0.2) is 42.2 Å². The van der Waals surface area contributed by atoms with E-state index in [4.69, 9.17) is 9.84 Å². The zero-order valence-electron chi connectivity index (χ0n) is 16.3. The maximum atomic E-state index is 10.7. The van der Waals surface area contributed by atoms with Gasteiger partial charge in [0.05, 0.1) is 12.7 Å². The highest BCUT2D eigenvalue weighted by molar-refractivity contribution is 5.66. The summed E-state index contributed by atoms with van der Waals surface area (Å²) in [4.78, 5) is 13.0. The predicted molar refractivity (Wildman–Crippen MR) is 106 cm³/mol. The molecule has 1 atom stereocenters. The van der Waals surface area contributed by atoms with Gasteiger partial charge in [0, 0.05) is 19.5 Å². The van der Waals surface area contributed by atoms with Gasteiger partial charge < -0.3 is 9.84 Å². The molecule has 1 aliphatic heterocycles. The molecule has 0 bridgehead atoms. The summed E-state index contributed by atoms with van der Waals surface area (Å²) in [5, 5.41) is 8.77. The van der Waals surface area contributed by atoms with E-state index in [-0.39, 0.29) is 12.5 Å². The molecule has 4 nitrogen and oxygen atoms in total. The molecule has 1 aromatic rings. The largest absolute Gasteiger partial charge is 0.481 e. The molecule has 1 N–H and O–H groups in total. The van der Waals surface area contributed by atoms with Gasteiger partial charge in [-0.25, -0.2) is 0 Å². The van der Waals surface area contributed by atoms with Crippen molar-refractivity contribution < 1.29 is 14.6 Å². The Bertz CT molecular complexity index is 515. The molecule has 1 saturated heterocycles. The normalized spacial score (nSPS) is 18.1. The number of hydrogen-bond acceptors (Lipinski definition) is 3. The standard InChI is InChI=1S/C22H35NO3/c1-2-3-4-5-6-7-9-19-11-13-20(14-12-19)21-18-23(16-17-26-21)15-8-10-22(24)25/h11-14,21H,2-10,15-18H2,1H3,(H,24,25). The number of ether oxygens (including phenoxy) is 1. The molecule has 0 aliphatic carbocycles. The fraction of sp³-hybridized carbons (Fsp3) is 0.682. The minimum atomic E-state index is -0.712. The van der Waals surface area contributed by atoms with E-state index >= 15 is 0 Å². The zero-order valence-corrected chi connectivity index (χ0v) is 16.3. The summed E-state index contributed by atoms with van der Waals surface area (Å²) in [6.45, 7) is 5.56. The molecule has 1 unspecified atom stereocenters. The Morgan fingerprint density at radius 3 is 2.58 bits per heavy atom. The zero-order chi connectivity index (χ0) is 18.6. The maximum absolute atomic E-state index is 10.7. The van der Waals surface area contributed by atoms with E-state index < -0.39 is 5.97 Å². The van der Waals surface area contributed by atoms with Crippen molar-refractivity contribution in [3.63, 3.8) is 0 Å². The summed E-state index contributed by atoms with van der Waals surface area (Å²) >= 11 is 0. The highest BCUT2D eigenvalue weighted by Crippen LogP contribution is 2.23. The van der Waals surface area contributed by atoms with E-state index in [9.17, 15) is 4.79 Å². The van der Waals surface area contributed by atoms with Gasteiger partial charge in [0.15, 0.2) is 0 Å². The van der Waals surface area contributed by atoms with Crippen LogP contribution in [0, 0.1) is 0 Å².